The number of nitrogens with one attached hydrogen (secondary N) is 2. The third kappa shape index (κ3) is 2.79. The fourth-order valence-corrected chi connectivity index (χ4v) is 2.22. The van der Waals surface area contributed by atoms with E-state index < -0.39 is 5.82 Å². The maximum absolute atomic E-state index is 13.4. The van der Waals surface area contributed by atoms with E-state index in [1.807, 2.05) is 6.92 Å². The van der Waals surface area contributed by atoms with E-state index in [0.29, 0.717) is 6.54 Å². The zero-order valence-corrected chi connectivity index (χ0v) is 10.4. The molecule has 98 valence electrons. The van der Waals surface area contributed by atoms with Gasteiger partial charge < -0.3 is 15.5 Å². The van der Waals surface area contributed by atoms with Gasteiger partial charge in [0.1, 0.15) is 5.82 Å². The van der Waals surface area contributed by atoms with E-state index in [-0.39, 0.29) is 17.8 Å². The van der Waals surface area contributed by atoms with Crippen LogP contribution in [-0.2, 0) is 0 Å². The number of para-hydroxylation sites is 1. The van der Waals surface area contributed by atoms with E-state index in [2.05, 4.69) is 10.6 Å². The molecule has 0 radical (unpaired) electrons. The second-order valence-corrected chi connectivity index (χ2v) is 4.34. The summed E-state index contributed by atoms with van der Waals surface area (Å²) < 4.78 is 13.4. The van der Waals surface area contributed by atoms with Crippen LogP contribution in [-0.4, -0.2) is 36.6 Å². The Balaban J connectivity index is 2.03. The number of likely N-dealkylation sites (N-methyl/N-ethyl adjacent to an activating group) is 1. The minimum absolute atomic E-state index is 0.196. The van der Waals surface area contributed by atoms with Crippen LogP contribution in [0.3, 0.4) is 0 Å². The SMILES string of the molecule is CCN(C(=O)Nc1ccccc1F)C1CCNC1. The number of amides is 2. The van der Waals surface area contributed by atoms with Gasteiger partial charge in [-0.3, -0.25) is 0 Å². The van der Waals surface area contributed by atoms with Crippen LogP contribution in [0.2, 0.25) is 0 Å². The topological polar surface area (TPSA) is 44.4 Å². The highest BCUT2D eigenvalue weighted by atomic mass is 19.1. The van der Waals surface area contributed by atoms with Crippen LogP contribution >= 0.6 is 0 Å². The Morgan fingerprint density at radius 1 is 1.56 bits per heavy atom. The molecular weight excluding hydrogens is 233 g/mol. The Morgan fingerprint density at radius 3 is 2.94 bits per heavy atom. The lowest BCUT2D eigenvalue weighted by Gasteiger charge is -2.27. The Morgan fingerprint density at radius 2 is 2.33 bits per heavy atom. The molecule has 1 aliphatic heterocycles. The highest BCUT2D eigenvalue weighted by Crippen LogP contribution is 2.15. The van der Waals surface area contributed by atoms with Crippen LogP contribution in [0.5, 0.6) is 0 Å². The molecule has 1 aromatic carbocycles. The molecule has 0 saturated carbocycles. The van der Waals surface area contributed by atoms with Gasteiger partial charge in [-0.2, -0.15) is 0 Å². The fraction of sp³-hybridized carbons (Fsp3) is 0.462. The number of halogens is 1. The third-order valence-corrected chi connectivity index (χ3v) is 3.19. The minimum Gasteiger partial charge on any atom is -0.321 e. The van der Waals surface area contributed by atoms with Gasteiger partial charge in [-0.15, -0.1) is 0 Å². The molecule has 18 heavy (non-hydrogen) atoms. The van der Waals surface area contributed by atoms with Gasteiger partial charge in [0.25, 0.3) is 0 Å². The van der Waals surface area contributed by atoms with Gasteiger partial charge >= 0.3 is 6.03 Å². The number of hydrogen-bond acceptors (Lipinski definition) is 2. The molecule has 2 N–H and O–H groups in total. The van der Waals surface area contributed by atoms with Crippen molar-refractivity contribution in [3.63, 3.8) is 0 Å². The quantitative estimate of drug-likeness (QED) is 0.863. The van der Waals surface area contributed by atoms with Crippen molar-refractivity contribution in [3.8, 4) is 0 Å². The number of carbonyl (C=O) groups is 1. The monoisotopic (exact) mass is 251 g/mol. The first kappa shape index (κ1) is 12.8. The number of carbonyl (C=O) groups excluding carboxylic acids is 1. The predicted molar refractivity (Wildman–Crippen MR) is 69.1 cm³/mol. The molecule has 4 nitrogen and oxygen atoms in total. The molecule has 5 heteroatoms. The van der Waals surface area contributed by atoms with Gasteiger partial charge in [0.15, 0.2) is 0 Å². The average Bonchev–Trinajstić information content (AvgIpc) is 2.87. The summed E-state index contributed by atoms with van der Waals surface area (Å²) in [4.78, 5) is 13.8. The van der Waals surface area contributed by atoms with Crippen molar-refractivity contribution in [2.75, 3.05) is 25.0 Å². The largest absolute Gasteiger partial charge is 0.322 e. The summed E-state index contributed by atoms with van der Waals surface area (Å²) in [6, 6.07) is 6.16. The van der Waals surface area contributed by atoms with Crippen LogP contribution in [0.4, 0.5) is 14.9 Å². The van der Waals surface area contributed by atoms with Crippen molar-refractivity contribution in [3.05, 3.63) is 30.1 Å². The predicted octanol–water partition coefficient (Wildman–Crippen LogP) is 2.04. The van der Waals surface area contributed by atoms with E-state index in [0.717, 1.165) is 19.5 Å². The maximum atomic E-state index is 13.4. The number of urea groups is 1. The van der Waals surface area contributed by atoms with E-state index in [9.17, 15) is 9.18 Å². The highest BCUT2D eigenvalue weighted by molar-refractivity contribution is 5.89. The molecule has 1 saturated heterocycles. The Hall–Kier alpha value is -1.62. The molecule has 2 amide bonds. The average molecular weight is 251 g/mol. The van der Waals surface area contributed by atoms with E-state index in [1.165, 1.54) is 6.07 Å². The number of anilines is 1. The molecule has 0 bridgehead atoms. The summed E-state index contributed by atoms with van der Waals surface area (Å²) in [5.74, 6) is -0.411. The van der Waals surface area contributed by atoms with Gasteiger partial charge in [0.05, 0.1) is 5.69 Å². The molecule has 1 atom stereocenters. The summed E-state index contributed by atoms with van der Waals surface area (Å²) in [7, 11) is 0. The van der Waals surface area contributed by atoms with Crippen LogP contribution in [0, 0.1) is 5.82 Å². The summed E-state index contributed by atoms with van der Waals surface area (Å²) in [6.45, 7) is 4.28. The molecule has 1 unspecified atom stereocenters. The maximum Gasteiger partial charge on any atom is 0.322 e. The van der Waals surface area contributed by atoms with Crippen LogP contribution in [0.25, 0.3) is 0 Å². The molecule has 1 fully saturated rings. The molecule has 0 aromatic heterocycles. The van der Waals surface area contributed by atoms with Gasteiger partial charge in [0, 0.05) is 19.1 Å². The first-order valence-corrected chi connectivity index (χ1v) is 6.25. The summed E-state index contributed by atoms with van der Waals surface area (Å²) in [5.41, 5.74) is 0.229. The van der Waals surface area contributed by atoms with Crippen molar-refractivity contribution in [2.45, 2.75) is 19.4 Å². The van der Waals surface area contributed by atoms with Crippen molar-refractivity contribution < 1.29 is 9.18 Å². The van der Waals surface area contributed by atoms with E-state index >= 15 is 0 Å². The van der Waals surface area contributed by atoms with E-state index in [4.69, 9.17) is 0 Å². The molecule has 1 aromatic rings. The summed E-state index contributed by atoms with van der Waals surface area (Å²) in [5, 5.41) is 5.84. The molecule has 0 aliphatic carbocycles. The number of benzene rings is 1. The van der Waals surface area contributed by atoms with Crippen LogP contribution in [0.1, 0.15) is 13.3 Å². The first-order chi connectivity index (χ1) is 8.72. The lowest BCUT2D eigenvalue weighted by Crippen LogP contribution is -2.43. The lowest BCUT2D eigenvalue weighted by atomic mass is 10.2. The normalized spacial score (nSPS) is 18.7. The van der Waals surface area contributed by atoms with Crippen LogP contribution < -0.4 is 10.6 Å². The van der Waals surface area contributed by atoms with Crippen molar-refractivity contribution in [1.82, 2.24) is 10.2 Å². The lowest BCUT2D eigenvalue weighted by molar-refractivity contribution is 0.196. The molecule has 0 spiro atoms. The highest BCUT2D eigenvalue weighted by Gasteiger charge is 2.25. The Kier molecular flexibility index (Phi) is 4.15. The zero-order chi connectivity index (χ0) is 13.0. The van der Waals surface area contributed by atoms with Gasteiger partial charge in [-0.05, 0) is 32.0 Å². The van der Waals surface area contributed by atoms with Crippen molar-refractivity contribution in [2.24, 2.45) is 0 Å². The van der Waals surface area contributed by atoms with E-state index in [1.54, 1.807) is 23.1 Å². The third-order valence-electron chi connectivity index (χ3n) is 3.19. The zero-order valence-electron chi connectivity index (χ0n) is 10.4. The Bertz CT molecular complexity index is 418. The fourth-order valence-electron chi connectivity index (χ4n) is 2.22. The number of nitrogens with zero attached hydrogens (tertiary/aromatic N) is 1. The van der Waals surface area contributed by atoms with Crippen LogP contribution in [0.15, 0.2) is 24.3 Å². The second kappa shape index (κ2) is 5.82. The number of rotatable bonds is 3. The number of hydrogen-bond donors (Lipinski definition) is 2. The molecule has 1 aliphatic rings. The summed E-state index contributed by atoms with van der Waals surface area (Å²) in [6.07, 6.45) is 0.943. The Labute approximate surface area is 106 Å². The van der Waals surface area contributed by atoms with Gasteiger partial charge in [0.2, 0.25) is 0 Å². The van der Waals surface area contributed by atoms with Gasteiger partial charge in [-0.25, -0.2) is 9.18 Å². The van der Waals surface area contributed by atoms with Gasteiger partial charge in [-0.1, -0.05) is 12.1 Å². The van der Waals surface area contributed by atoms with Crippen molar-refractivity contribution >= 4 is 11.7 Å². The van der Waals surface area contributed by atoms with Crippen molar-refractivity contribution in [1.29, 1.82) is 0 Å². The second-order valence-electron chi connectivity index (χ2n) is 4.34. The molecular formula is C13H18FN3O. The molecule has 2 rings (SSSR count). The smallest absolute Gasteiger partial charge is 0.321 e. The summed E-state index contributed by atoms with van der Waals surface area (Å²) >= 11 is 0. The minimum atomic E-state index is -0.411. The standard InChI is InChI=1S/C13H18FN3O/c1-2-17(10-7-8-15-9-10)13(18)16-12-6-4-3-5-11(12)14/h3-6,10,15H,2,7-9H2,1H3,(H,16,18). The first-order valence-electron chi connectivity index (χ1n) is 6.25. The molecule has 1 heterocycles.